The van der Waals surface area contributed by atoms with E-state index in [0.717, 1.165) is 18.4 Å². The van der Waals surface area contributed by atoms with Crippen LogP contribution < -0.4 is 0 Å². The minimum absolute atomic E-state index is 0.0878. The summed E-state index contributed by atoms with van der Waals surface area (Å²) in [5.41, 5.74) is 2.28. The van der Waals surface area contributed by atoms with Crippen molar-refractivity contribution in [1.29, 1.82) is 0 Å². The molecular weight excluding hydrogens is 192 g/mol. The van der Waals surface area contributed by atoms with Crippen molar-refractivity contribution in [2.24, 2.45) is 0 Å². The van der Waals surface area contributed by atoms with E-state index in [1.165, 1.54) is 24.5 Å². The number of hydrogen-bond donors (Lipinski definition) is 0. The molecule has 0 aliphatic heterocycles. The predicted octanol–water partition coefficient (Wildman–Crippen LogP) is 2.95. The van der Waals surface area contributed by atoms with Crippen molar-refractivity contribution in [2.45, 2.75) is 25.7 Å². The van der Waals surface area contributed by atoms with Crippen LogP contribution in [0.2, 0.25) is 0 Å². The van der Waals surface area contributed by atoms with Gasteiger partial charge in [-0.25, -0.2) is 0 Å². The second-order valence-corrected chi connectivity index (χ2v) is 3.64. The molecule has 0 spiro atoms. The van der Waals surface area contributed by atoms with Crippen molar-refractivity contribution >= 4 is 11.4 Å². The van der Waals surface area contributed by atoms with Crippen molar-refractivity contribution in [2.75, 3.05) is 0 Å². The monoisotopic (exact) mass is 204 g/mol. The van der Waals surface area contributed by atoms with E-state index in [-0.39, 0.29) is 5.82 Å². The molecule has 15 heavy (non-hydrogen) atoms. The number of hydrogen-bond acceptors (Lipinski definition) is 3. The molecule has 1 aliphatic rings. The number of nitrogens with zero attached hydrogens (tertiary/aromatic N) is 2. The minimum Gasteiger partial charge on any atom is -0.358 e. The van der Waals surface area contributed by atoms with Gasteiger partial charge in [-0.1, -0.05) is 6.08 Å². The van der Waals surface area contributed by atoms with Crippen molar-refractivity contribution in [3.8, 4) is 0 Å². The number of pyridine rings is 1. The van der Waals surface area contributed by atoms with Crippen LogP contribution in [0.4, 0.5) is 5.82 Å². The first kappa shape index (κ1) is 9.83. The second-order valence-electron chi connectivity index (χ2n) is 3.64. The fourth-order valence-electron chi connectivity index (χ4n) is 1.78. The molecule has 0 bridgehead atoms. The number of nitro groups is 1. The van der Waals surface area contributed by atoms with Crippen LogP contribution >= 0.6 is 0 Å². The highest BCUT2D eigenvalue weighted by molar-refractivity contribution is 5.65. The Morgan fingerprint density at radius 2 is 2.20 bits per heavy atom. The molecule has 0 atom stereocenters. The Kier molecular flexibility index (Phi) is 2.76. The quantitative estimate of drug-likeness (QED) is 0.549. The van der Waals surface area contributed by atoms with Crippen LogP contribution in [0.3, 0.4) is 0 Å². The molecule has 1 aromatic rings. The Labute approximate surface area is 87.8 Å². The average molecular weight is 204 g/mol. The zero-order chi connectivity index (χ0) is 10.7. The standard InChI is InChI=1S/C11H12N2O2/c14-13(15)11-7-6-10(8-12-11)9-4-2-1-3-5-9/h4,6-8H,1-3,5H2. The van der Waals surface area contributed by atoms with E-state index in [2.05, 4.69) is 11.1 Å². The lowest BCUT2D eigenvalue weighted by atomic mass is 9.95. The maximum absolute atomic E-state index is 10.4. The van der Waals surface area contributed by atoms with Gasteiger partial charge in [-0.05, 0) is 47.2 Å². The molecule has 0 aromatic carbocycles. The summed E-state index contributed by atoms with van der Waals surface area (Å²) in [7, 11) is 0. The maximum Gasteiger partial charge on any atom is 0.363 e. The van der Waals surface area contributed by atoms with Gasteiger partial charge >= 0.3 is 5.82 Å². The van der Waals surface area contributed by atoms with Crippen molar-refractivity contribution in [3.63, 3.8) is 0 Å². The summed E-state index contributed by atoms with van der Waals surface area (Å²) in [5, 5.41) is 10.4. The fraction of sp³-hybridized carbons (Fsp3) is 0.364. The van der Waals surface area contributed by atoms with Gasteiger partial charge in [-0.2, -0.15) is 0 Å². The summed E-state index contributed by atoms with van der Waals surface area (Å²) in [4.78, 5) is 13.8. The van der Waals surface area contributed by atoms with Gasteiger partial charge < -0.3 is 10.1 Å². The van der Waals surface area contributed by atoms with Crippen molar-refractivity contribution in [1.82, 2.24) is 4.98 Å². The summed E-state index contributed by atoms with van der Waals surface area (Å²) in [6.07, 6.45) is 8.39. The third-order valence-electron chi connectivity index (χ3n) is 2.60. The summed E-state index contributed by atoms with van der Waals surface area (Å²) in [6.45, 7) is 0. The van der Waals surface area contributed by atoms with E-state index in [4.69, 9.17) is 0 Å². The van der Waals surface area contributed by atoms with Crippen LogP contribution in [0, 0.1) is 10.1 Å². The van der Waals surface area contributed by atoms with Gasteiger partial charge in [0.25, 0.3) is 0 Å². The van der Waals surface area contributed by atoms with Crippen LogP contribution in [0.1, 0.15) is 31.2 Å². The molecule has 0 saturated heterocycles. The number of aromatic nitrogens is 1. The number of rotatable bonds is 2. The normalized spacial score (nSPS) is 15.9. The zero-order valence-electron chi connectivity index (χ0n) is 8.35. The highest BCUT2D eigenvalue weighted by Gasteiger charge is 2.10. The van der Waals surface area contributed by atoms with Gasteiger partial charge in [-0.3, -0.25) is 0 Å². The van der Waals surface area contributed by atoms with E-state index in [9.17, 15) is 10.1 Å². The molecule has 0 unspecified atom stereocenters. The first-order valence-corrected chi connectivity index (χ1v) is 5.07. The molecular formula is C11H12N2O2. The largest absolute Gasteiger partial charge is 0.363 e. The van der Waals surface area contributed by atoms with Gasteiger partial charge in [-0.15, -0.1) is 0 Å². The summed E-state index contributed by atoms with van der Waals surface area (Å²) < 4.78 is 0. The van der Waals surface area contributed by atoms with E-state index >= 15 is 0 Å². The second kappa shape index (κ2) is 4.21. The summed E-state index contributed by atoms with van der Waals surface area (Å²) in [6, 6.07) is 3.24. The molecule has 78 valence electrons. The highest BCUT2D eigenvalue weighted by Crippen LogP contribution is 2.26. The maximum atomic E-state index is 10.4. The summed E-state index contributed by atoms with van der Waals surface area (Å²) >= 11 is 0. The van der Waals surface area contributed by atoms with Crippen LogP contribution in [0.25, 0.3) is 5.57 Å². The first-order chi connectivity index (χ1) is 7.27. The molecule has 1 aliphatic carbocycles. The van der Waals surface area contributed by atoms with Crippen molar-refractivity contribution in [3.05, 3.63) is 40.1 Å². The van der Waals surface area contributed by atoms with Crippen LogP contribution in [0.5, 0.6) is 0 Å². The van der Waals surface area contributed by atoms with Gasteiger partial charge in [0.1, 0.15) is 6.20 Å². The predicted molar refractivity (Wildman–Crippen MR) is 57.3 cm³/mol. The highest BCUT2D eigenvalue weighted by atomic mass is 16.6. The Bertz CT molecular complexity index is 396. The van der Waals surface area contributed by atoms with Gasteiger partial charge in [0.15, 0.2) is 0 Å². The molecule has 0 fully saturated rings. The molecule has 2 rings (SSSR count). The van der Waals surface area contributed by atoms with Gasteiger partial charge in [0.2, 0.25) is 0 Å². The molecule has 0 radical (unpaired) electrons. The Morgan fingerprint density at radius 1 is 1.33 bits per heavy atom. The Hall–Kier alpha value is -1.71. The molecule has 0 N–H and O–H groups in total. The van der Waals surface area contributed by atoms with E-state index < -0.39 is 4.92 Å². The van der Waals surface area contributed by atoms with Gasteiger partial charge in [0, 0.05) is 11.6 Å². The van der Waals surface area contributed by atoms with E-state index in [1.807, 2.05) is 0 Å². The van der Waals surface area contributed by atoms with Crippen LogP contribution in [-0.4, -0.2) is 9.91 Å². The lowest BCUT2D eigenvalue weighted by Gasteiger charge is -2.10. The third kappa shape index (κ3) is 2.21. The molecule has 1 heterocycles. The fourth-order valence-corrected chi connectivity index (χ4v) is 1.78. The molecule has 4 nitrogen and oxygen atoms in total. The van der Waals surface area contributed by atoms with E-state index in [1.54, 1.807) is 12.3 Å². The summed E-state index contributed by atoms with van der Waals surface area (Å²) in [5.74, 6) is -0.0878. The molecule has 1 aromatic heterocycles. The molecule has 4 heteroatoms. The molecule has 0 saturated carbocycles. The smallest absolute Gasteiger partial charge is 0.358 e. The zero-order valence-corrected chi connectivity index (χ0v) is 8.35. The van der Waals surface area contributed by atoms with Gasteiger partial charge in [0.05, 0.1) is 0 Å². The lowest BCUT2D eigenvalue weighted by molar-refractivity contribution is -0.389. The topological polar surface area (TPSA) is 56.0 Å². The van der Waals surface area contributed by atoms with Crippen molar-refractivity contribution < 1.29 is 4.92 Å². The van der Waals surface area contributed by atoms with Crippen LogP contribution in [0.15, 0.2) is 24.4 Å². The minimum atomic E-state index is -0.473. The first-order valence-electron chi connectivity index (χ1n) is 5.07. The lowest BCUT2D eigenvalue weighted by Crippen LogP contribution is -1.95. The number of allylic oxidation sites excluding steroid dienone is 2. The van der Waals surface area contributed by atoms with Crippen LogP contribution in [-0.2, 0) is 0 Å². The SMILES string of the molecule is O=[N+]([O-])c1ccc(C2=CCCCC2)cn1. The Balaban J connectivity index is 2.23. The third-order valence-corrected chi connectivity index (χ3v) is 2.60. The average Bonchev–Trinajstić information content (AvgIpc) is 2.30. The van der Waals surface area contributed by atoms with E-state index in [0.29, 0.717) is 0 Å². The Morgan fingerprint density at radius 3 is 2.73 bits per heavy atom. The molecule has 0 amide bonds.